The van der Waals surface area contributed by atoms with Crippen LogP contribution in [-0.4, -0.2) is 18.3 Å². The van der Waals surface area contributed by atoms with E-state index in [1.165, 1.54) is 16.7 Å². The van der Waals surface area contributed by atoms with Gasteiger partial charge in [-0.25, -0.2) is 0 Å². The van der Waals surface area contributed by atoms with Crippen LogP contribution in [0.2, 0.25) is 0 Å². The first-order chi connectivity index (χ1) is 8.52. The summed E-state index contributed by atoms with van der Waals surface area (Å²) in [7, 11) is 0. The van der Waals surface area contributed by atoms with Gasteiger partial charge in [0, 0.05) is 12.6 Å². The zero-order valence-electron chi connectivity index (χ0n) is 12.2. The first kappa shape index (κ1) is 15.2. The molecule has 1 rings (SSSR count). The molecular weight excluding hydrogens is 222 g/mol. The molecule has 2 nitrogen and oxygen atoms in total. The maximum atomic E-state index is 8.96. The van der Waals surface area contributed by atoms with E-state index in [-0.39, 0.29) is 0 Å². The van der Waals surface area contributed by atoms with Gasteiger partial charge in [-0.2, -0.15) is 0 Å². The van der Waals surface area contributed by atoms with Crippen molar-refractivity contribution < 1.29 is 5.11 Å². The molecule has 0 saturated heterocycles. The number of aryl methyl sites for hydroxylation is 2. The zero-order chi connectivity index (χ0) is 13.5. The lowest BCUT2D eigenvalue weighted by atomic mass is 10.0. The van der Waals surface area contributed by atoms with Crippen molar-refractivity contribution in [2.45, 2.75) is 46.6 Å². The molecule has 0 heterocycles. The molecule has 0 saturated carbocycles. The summed E-state index contributed by atoms with van der Waals surface area (Å²) in [4.78, 5) is 0. The van der Waals surface area contributed by atoms with Crippen molar-refractivity contribution in [1.82, 2.24) is 5.32 Å². The van der Waals surface area contributed by atoms with Gasteiger partial charge >= 0.3 is 0 Å². The summed E-state index contributed by atoms with van der Waals surface area (Å²) in [6.07, 6.45) is 2.21. The summed E-state index contributed by atoms with van der Waals surface area (Å²) in [6, 6.07) is 7.11. The Kier molecular flexibility index (Phi) is 6.37. The van der Waals surface area contributed by atoms with E-state index in [1.807, 2.05) is 0 Å². The third kappa shape index (κ3) is 5.19. The Balaban J connectivity index is 2.38. The van der Waals surface area contributed by atoms with Crippen LogP contribution in [0.15, 0.2) is 18.2 Å². The molecule has 0 spiro atoms. The molecular formula is C16H27NO. The maximum Gasteiger partial charge on any atom is 0.0456 e. The van der Waals surface area contributed by atoms with Crippen molar-refractivity contribution in [3.05, 3.63) is 34.9 Å². The number of nitrogens with one attached hydrogen (secondary N) is 1. The van der Waals surface area contributed by atoms with E-state index in [4.69, 9.17) is 5.11 Å². The van der Waals surface area contributed by atoms with Gasteiger partial charge < -0.3 is 10.4 Å². The van der Waals surface area contributed by atoms with Gasteiger partial charge in [0.25, 0.3) is 0 Å². The predicted octanol–water partition coefficient (Wildman–Crippen LogP) is 3.36. The van der Waals surface area contributed by atoms with Gasteiger partial charge in [-0.3, -0.25) is 0 Å². The number of rotatable bonds is 7. The van der Waals surface area contributed by atoms with E-state index >= 15 is 0 Å². The van der Waals surface area contributed by atoms with Crippen LogP contribution in [-0.2, 0) is 0 Å². The molecule has 0 aromatic heterocycles. The molecule has 18 heavy (non-hydrogen) atoms. The van der Waals surface area contributed by atoms with Crippen molar-refractivity contribution in [1.29, 1.82) is 0 Å². The Hall–Kier alpha value is -0.860. The molecule has 2 atom stereocenters. The molecule has 1 aromatic rings. The van der Waals surface area contributed by atoms with Crippen molar-refractivity contribution in [2.24, 2.45) is 5.92 Å². The number of benzene rings is 1. The van der Waals surface area contributed by atoms with Crippen LogP contribution in [0.1, 0.15) is 49.4 Å². The number of aliphatic hydroxyl groups is 1. The Morgan fingerprint density at radius 2 is 1.72 bits per heavy atom. The minimum Gasteiger partial charge on any atom is -0.396 e. The van der Waals surface area contributed by atoms with E-state index in [9.17, 15) is 0 Å². The molecule has 0 aliphatic rings. The van der Waals surface area contributed by atoms with Crippen LogP contribution in [0.3, 0.4) is 0 Å². The highest BCUT2D eigenvalue weighted by Gasteiger charge is 2.06. The second-order valence-electron chi connectivity index (χ2n) is 5.53. The van der Waals surface area contributed by atoms with Gasteiger partial charge in [0.1, 0.15) is 0 Å². The third-order valence-electron chi connectivity index (χ3n) is 3.38. The van der Waals surface area contributed by atoms with Crippen molar-refractivity contribution >= 4 is 0 Å². The molecule has 0 aliphatic heterocycles. The fourth-order valence-corrected chi connectivity index (χ4v) is 2.24. The second kappa shape index (κ2) is 7.55. The van der Waals surface area contributed by atoms with Crippen LogP contribution in [0, 0.1) is 19.8 Å². The quantitative estimate of drug-likeness (QED) is 0.726. The minimum absolute atomic E-state index is 0.298. The van der Waals surface area contributed by atoms with Crippen molar-refractivity contribution in [3.63, 3.8) is 0 Å². The van der Waals surface area contributed by atoms with Crippen LogP contribution in [0.25, 0.3) is 0 Å². The van der Waals surface area contributed by atoms with E-state index in [2.05, 4.69) is 51.2 Å². The fourth-order valence-electron chi connectivity index (χ4n) is 2.24. The Morgan fingerprint density at radius 3 is 2.28 bits per heavy atom. The molecule has 0 bridgehead atoms. The largest absolute Gasteiger partial charge is 0.396 e. The Bertz CT molecular complexity index is 342. The predicted molar refractivity (Wildman–Crippen MR) is 77.8 cm³/mol. The monoisotopic (exact) mass is 249 g/mol. The minimum atomic E-state index is 0.298. The average molecular weight is 249 g/mol. The first-order valence-electron chi connectivity index (χ1n) is 6.95. The van der Waals surface area contributed by atoms with E-state index in [1.54, 1.807) is 0 Å². The molecule has 0 fully saturated rings. The Morgan fingerprint density at radius 1 is 1.11 bits per heavy atom. The molecule has 0 aliphatic carbocycles. The van der Waals surface area contributed by atoms with Gasteiger partial charge in [-0.1, -0.05) is 36.2 Å². The fraction of sp³-hybridized carbons (Fsp3) is 0.625. The number of hydrogen-bond donors (Lipinski definition) is 2. The smallest absolute Gasteiger partial charge is 0.0456 e. The van der Waals surface area contributed by atoms with Crippen molar-refractivity contribution in [3.8, 4) is 0 Å². The standard InChI is InChI=1S/C16H27NO/c1-12(11-18)6-5-7-17-15(4)16-9-13(2)8-14(3)10-16/h8-10,12,15,17-18H,5-7,11H2,1-4H3. The molecule has 102 valence electrons. The van der Waals surface area contributed by atoms with Gasteiger partial charge in [-0.15, -0.1) is 0 Å². The van der Waals surface area contributed by atoms with Crippen molar-refractivity contribution in [2.75, 3.05) is 13.2 Å². The summed E-state index contributed by atoms with van der Waals surface area (Å²) < 4.78 is 0. The Labute approximate surface area is 111 Å². The summed E-state index contributed by atoms with van der Waals surface area (Å²) in [5.41, 5.74) is 4.02. The second-order valence-corrected chi connectivity index (χ2v) is 5.53. The normalized spacial score (nSPS) is 14.5. The van der Waals surface area contributed by atoms with Gasteiger partial charge in [-0.05, 0) is 51.6 Å². The summed E-state index contributed by atoms with van der Waals surface area (Å²) in [5.74, 6) is 0.420. The lowest BCUT2D eigenvalue weighted by Crippen LogP contribution is -2.20. The highest BCUT2D eigenvalue weighted by molar-refractivity contribution is 5.30. The summed E-state index contributed by atoms with van der Waals surface area (Å²) in [6.45, 7) is 9.90. The lowest BCUT2D eigenvalue weighted by molar-refractivity contribution is 0.227. The SMILES string of the molecule is Cc1cc(C)cc(C(C)NCCCC(C)CO)c1. The van der Waals surface area contributed by atoms with E-state index in [0.29, 0.717) is 18.6 Å². The van der Waals surface area contributed by atoms with Gasteiger partial charge in [0.05, 0.1) is 0 Å². The molecule has 0 amide bonds. The highest BCUT2D eigenvalue weighted by atomic mass is 16.3. The number of hydrogen-bond acceptors (Lipinski definition) is 2. The summed E-state index contributed by atoms with van der Waals surface area (Å²) >= 11 is 0. The van der Waals surface area contributed by atoms with Crippen LogP contribution < -0.4 is 5.32 Å². The maximum absolute atomic E-state index is 8.96. The molecule has 0 radical (unpaired) electrons. The lowest BCUT2D eigenvalue weighted by Gasteiger charge is -2.16. The van der Waals surface area contributed by atoms with Gasteiger partial charge in [0.2, 0.25) is 0 Å². The first-order valence-corrected chi connectivity index (χ1v) is 6.95. The van der Waals surface area contributed by atoms with Crippen LogP contribution >= 0.6 is 0 Å². The van der Waals surface area contributed by atoms with Gasteiger partial charge in [0.15, 0.2) is 0 Å². The average Bonchev–Trinajstić information content (AvgIpc) is 2.32. The topological polar surface area (TPSA) is 32.3 Å². The molecule has 2 N–H and O–H groups in total. The summed E-state index contributed by atoms with van der Waals surface area (Å²) in [5, 5.41) is 12.5. The molecule has 2 heteroatoms. The number of aliphatic hydroxyl groups excluding tert-OH is 1. The molecule has 2 unspecified atom stereocenters. The molecule has 1 aromatic carbocycles. The zero-order valence-corrected chi connectivity index (χ0v) is 12.2. The van der Waals surface area contributed by atoms with Crippen LogP contribution in [0.5, 0.6) is 0 Å². The van der Waals surface area contributed by atoms with E-state index < -0.39 is 0 Å². The van der Waals surface area contributed by atoms with E-state index in [0.717, 1.165) is 19.4 Å². The highest BCUT2D eigenvalue weighted by Crippen LogP contribution is 2.16. The van der Waals surface area contributed by atoms with Crippen LogP contribution in [0.4, 0.5) is 0 Å². The third-order valence-corrected chi connectivity index (χ3v) is 3.38.